The van der Waals surface area contributed by atoms with Gasteiger partial charge in [-0.25, -0.2) is 0 Å². The van der Waals surface area contributed by atoms with Gasteiger partial charge in [-0.3, -0.25) is 9.79 Å². The van der Waals surface area contributed by atoms with E-state index in [1.165, 1.54) is 19.3 Å². The van der Waals surface area contributed by atoms with Crippen LogP contribution in [0.5, 0.6) is 0 Å². The Balaban J connectivity index is 0.00000441. The smallest absolute Gasteiger partial charge is 0.221 e. The highest BCUT2D eigenvalue weighted by atomic mass is 127. The summed E-state index contributed by atoms with van der Waals surface area (Å²) >= 11 is 0. The van der Waals surface area contributed by atoms with Crippen molar-refractivity contribution in [3.8, 4) is 0 Å². The Bertz CT molecular complexity index is 328. The largest absolute Gasteiger partial charge is 0.356 e. The maximum atomic E-state index is 11.8. The molecule has 0 bridgehead atoms. The number of hydrogen-bond donors (Lipinski definition) is 3. The van der Waals surface area contributed by atoms with Gasteiger partial charge in [-0.1, -0.05) is 26.7 Å². The molecule has 0 aromatic rings. The first-order valence-electron chi connectivity index (χ1n) is 8.35. The van der Waals surface area contributed by atoms with Crippen molar-refractivity contribution >= 4 is 35.8 Å². The molecule has 3 N–H and O–H groups in total. The number of amides is 1. The molecule has 22 heavy (non-hydrogen) atoms. The predicted molar refractivity (Wildman–Crippen MR) is 104 cm³/mol. The molecule has 1 amide bonds. The summed E-state index contributed by atoms with van der Waals surface area (Å²) in [4.78, 5) is 16.0. The van der Waals surface area contributed by atoms with Gasteiger partial charge in [0.25, 0.3) is 0 Å². The van der Waals surface area contributed by atoms with E-state index in [0.29, 0.717) is 19.0 Å². The van der Waals surface area contributed by atoms with Crippen LogP contribution in [0.2, 0.25) is 0 Å². The molecule has 6 heteroatoms. The molecule has 130 valence electrons. The normalized spacial score (nSPS) is 15.5. The molecule has 1 rings (SSSR count). The van der Waals surface area contributed by atoms with Gasteiger partial charge in [-0.05, 0) is 31.6 Å². The molecule has 0 unspecified atom stereocenters. The average Bonchev–Trinajstić information content (AvgIpc) is 2.94. The summed E-state index contributed by atoms with van der Waals surface area (Å²) in [7, 11) is 1.76. The van der Waals surface area contributed by atoms with Crippen LogP contribution in [0.3, 0.4) is 0 Å². The number of carbonyl (C=O) groups excluding carboxylic acids is 1. The van der Waals surface area contributed by atoms with Crippen LogP contribution in [0.4, 0.5) is 0 Å². The van der Waals surface area contributed by atoms with Crippen molar-refractivity contribution in [3.05, 3.63) is 0 Å². The molecule has 1 saturated carbocycles. The first-order valence-corrected chi connectivity index (χ1v) is 8.35. The van der Waals surface area contributed by atoms with Gasteiger partial charge in [-0.2, -0.15) is 0 Å². The molecule has 0 radical (unpaired) electrons. The zero-order chi connectivity index (χ0) is 15.5. The van der Waals surface area contributed by atoms with Crippen molar-refractivity contribution in [3.63, 3.8) is 0 Å². The number of aliphatic imine (C=N–C) groups is 1. The van der Waals surface area contributed by atoms with E-state index < -0.39 is 0 Å². The van der Waals surface area contributed by atoms with E-state index in [1.807, 2.05) is 0 Å². The summed E-state index contributed by atoms with van der Waals surface area (Å²) in [5.74, 6) is 1.66. The average molecular weight is 424 g/mol. The number of rotatable bonds is 8. The Morgan fingerprint density at radius 1 is 1.18 bits per heavy atom. The summed E-state index contributed by atoms with van der Waals surface area (Å²) in [5, 5.41) is 9.57. The summed E-state index contributed by atoms with van der Waals surface area (Å²) in [6.45, 7) is 6.01. The molecule has 0 aromatic carbocycles. The minimum atomic E-state index is 0. The third-order valence-electron chi connectivity index (χ3n) is 3.84. The maximum Gasteiger partial charge on any atom is 0.221 e. The first-order chi connectivity index (χ1) is 10.1. The van der Waals surface area contributed by atoms with Gasteiger partial charge in [0.1, 0.15) is 0 Å². The van der Waals surface area contributed by atoms with Crippen LogP contribution in [-0.4, -0.2) is 38.0 Å². The van der Waals surface area contributed by atoms with Gasteiger partial charge in [0.15, 0.2) is 5.96 Å². The topological polar surface area (TPSA) is 65.5 Å². The van der Waals surface area contributed by atoms with E-state index in [9.17, 15) is 4.79 Å². The monoisotopic (exact) mass is 424 g/mol. The van der Waals surface area contributed by atoms with Gasteiger partial charge in [0.05, 0.1) is 0 Å². The molecule has 0 spiro atoms. The summed E-state index contributed by atoms with van der Waals surface area (Å²) < 4.78 is 0. The van der Waals surface area contributed by atoms with Gasteiger partial charge >= 0.3 is 0 Å². The zero-order valence-electron chi connectivity index (χ0n) is 14.3. The standard InChI is InChI=1S/C16H32N4O.HI/c1-13(2)7-6-11-18-16(17-3)19-12-10-15(21)20-14-8-4-5-9-14;/h13-14H,4-12H2,1-3H3,(H,20,21)(H2,17,18,19);1H. The van der Waals surface area contributed by atoms with E-state index in [0.717, 1.165) is 37.7 Å². The van der Waals surface area contributed by atoms with Gasteiger partial charge < -0.3 is 16.0 Å². The lowest BCUT2D eigenvalue weighted by Crippen LogP contribution is -2.40. The fourth-order valence-corrected chi connectivity index (χ4v) is 2.60. The minimum absolute atomic E-state index is 0. The second-order valence-electron chi connectivity index (χ2n) is 6.26. The zero-order valence-corrected chi connectivity index (χ0v) is 16.6. The first kappa shape index (κ1) is 21.5. The lowest BCUT2D eigenvalue weighted by molar-refractivity contribution is -0.121. The maximum absolute atomic E-state index is 11.8. The number of halogens is 1. The lowest BCUT2D eigenvalue weighted by Gasteiger charge is -2.14. The molecule has 0 saturated heterocycles. The van der Waals surface area contributed by atoms with Crippen molar-refractivity contribution in [1.29, 1.82) is 0 Å². The fraction of sp³-hybridized carbons (Fsp3) is 0.875. The second kappa shape index (κ2) is 13.0. The predicted octanol–water partition coefficient (Wildman–Crippen LogP) is 2.65. The molecule has 1 aliphatic rings. The van der Waals surface area contributed by atoms with Crippen LogP contribution in [0.25, 0.3) is 0 Å². The highest BCUT2D eigenvalue weighted by molar-refractivity contribution is 14.0. The van der Waals surface area contributed by atoms with Crippen molar-refractivity contribution in [2.24, 2.45) is 10.9 Å². The van der Waals surface area contributed by atoms with E-state index in [-0.39, 0.29) is 29.9 Å². The van der Waals surface area contributed by atoms with Crippen LogP contribution in [0.1, 0.15) is 58.8 Å². The van der Waals surface area contributed by atoms with Crippen LogP contribution < -0.4 is 16.0 Å². The number of nitrogens with zero attached hydrogens (tertiary/aromatic N) is 1. The molecular formula is C16H33IN4O. The van der Waals surface area contributed by atoms with Gasteiger partial charge in [-0.15, -0.1) is 24.0 Å². The fourth-order valence-electron chi connectivity index (χ4n) is 2.60. The quantitative estimate of drug-likeness (QED) is 0.243. The molecule has 0 heterocycles. The van der Waals surface area contributed by atoms with Crippen LogP contribution in [-0.2, 0) is 4.79 Å². The Hall–Kier alpha value is -0.530. The molecule has 5 nitrogen and oxygen atoms in total. The Labute approximate surface area is 152 Å². The molecule has 0 aromatic heterocycles. The van der Waals surface area contributed by atoms with Crippen LogP contribution >= 0.6 is 24.0 Å². The van der Waals surface area contributed by atoms with Crippen LogP contribution in [0.15, 0.2) is 4.99 Å². The van der Waals surface area contributed by atoms with Crippen molar-refractivity contribution in [2.45, 2.75) is 64.8 Å². The third-order valence-corrected chi connectivity index (χ3v) is 3.84. The Kier molecular flexibility index (Phi) is 12.6. The van der Waals surface area contributed by atoms with E-state index in [4.69, 9.17) is 0 Å². The number of nitrogens with one attached hydrogen (secondary N) is 3. The number of guanidine groups is 1. The highest BCUT2D eigenvalue weighted by Gasteiger charge is 2.16. The van der Waals surface area contributed by atoms with Crippen molar-refractivity contribution in [1.82, 2.24) is 16.0 Å². The molecule has 0 aliphatic heterocycles. The summed E-state index contributed by atoms with van der Waals surface area (Å²) in [6.07, 6.45) is 7.63. The van der Waals surface area contributed by atoms with E-state index in [2.05, 4.69) is 34.8 Å². The number of carbonyl (C=O) groups is 1. The second-order valence-corrected chi connectivity index (χ2v) is 6.26. The summed E-state index contributed by atoms with van der Waals surface area (Å²) in [5.41, 5.74) is 0. The van der Waals surface area contributed by atoms with E-state index in [1.54, 1.807) is 7.05 Å². The third kappa shape index (κ3) is 10.2. The van der Waals surface area contributed by atoms with Gasteiger partial charge in [0, 0.05) is 32.6 Å². The molecule has 0 atom stereocenters. The highest BCUT2D eigenvalue weighted by Crippen LogP contribution is 2.17. The van der Waals surface area contributed by atoms with E-state index >= 15 is 0 Å². The molecule has 1 fully saturated rings. The minimum Gasteiger partial charge on any atom is -0.356 e. The van der Waals surface area contributed by atoms with Gasteiger partial charge in [0.2, 0.25) is 5.91 Å². The summed E-state index contributed by atoms with van der Waals surface area (Å²) in [6, 6.07) is 0.408. The SMILES string of the molecule is CN=C(NCCCC(C)C)NCCC(=O)NC1CCCC1.I. The Morgan fingerprint density at radius 3 is 2.41 bits per heavy atom. The van der Waals surface area contributed by atoms with Crippen molar-refractivity contribution in [2.75, 3.05) is 20.1 Å². The molecular weight excluding hydrogens is 391 g/mol. The Morgan fingerprint density at radius 2 is 1.82 bits per heavy atom. The van der Waals surface area contributed by atoms with Crippen LogP contribution in [0, 0.1) is 5.92 Å². The van der Waals surface area contributed by atoms with Crippen molar-refractivity contribution < 1.29 is 4.79 Å². The lowest BCUT2D eigenvalue weighted by atomic mass is 10.1. The number of hydrogen-bond acceptors (Lipinski definition) is 2. The molecule has 1 aliphatic carbocycles.